The summed E-state index contributed by atoms with van der Waals surface area (Å²) in [7, 11) is 4.95. The predicted molar refractivity (Wildman–Crippen MR) is 130 cm³/mol. The van der Waals surface area contributed by atoms with Gasteiger partial charge in [-0.1, -0.05) is 19.1 Å². The van der Waals surface area contributed by atoms with Crippen molar-refractivity contribution < 1.29 is 19.0 Å². The Labute approximate surface area is 191 Å². The average molecular weight is 439 g/mol. The van der Waals surface area contributed by atoms with Crippen molar-refractivity contribution in [2.45, 2.75) is 34.1 Å². The number of hydrogen-bond donors (Lipinski definition) is 0. The molecule has 1 heterocycles. The lowest BCUT2D eigenvalue weighted by Gasteiger charge is -2.16. The van der Waals surface area contributed by atoms with E-state index in [2.05, 4.69) is 6.07 Å². The molecule has 0 bridgehead atoms. The maximum absolute atomic E-state index is 10.9. The molecule has 0 unspecified atom stereocenters. The van der Waals surface area contributed by atoms with Crippen LogP contribution in [0.5, 0.6) is 17.2 Å². The van der Waals surface area contributed by atoms with Crippen molar-refractivity contribution in [2.75, 3.05) is 34.4 Å². The summed E-state index contributed by atoms with van der Waals surface area (Å²) >= 11 is 0. The Bertz CT molecular complexity index is 1030. The van der Waals surface area contributed by atoms with Gasteiger partial charge in [0.1, 0.15) is 17.2 Å². The molecule has 1 amide bonds. The molecule has 32 heavy (non-hydrogen) atoms. The highest BCUT2D eigenvalue weighted by Crippen LogP contribution is 2.34. The third kappa shape index (κ3) is 5.90. The first-order valence-corrected chi connectivity index (χ1v) is 10.9. The highest BCUT2D eigenvalue weighted by atomic mass is 16.5. The number of benzene rings is 2. The molecule has 172 valence electrons. The van der Waals surface area contributed by atoms with Crippen LogP contribution in [0.1, 0.15) is 32.9 Å². The summed E-state index contributed by atoms with van der Waals surface area (Å²) in [5.74, 6) is 2.57. The Morgan fingerprint density at radius 3 is 1.97 bits per heavy atom. The van der Waals surface area contributed by atoms with Gasteiger partial charge >= 0.3 is 0 Å². The third-order valence-corrected chi connectivity index (χ3v) is 5.34. The molecule has 0 saturated heterocycles. The molecular weight excluding hydrogens is 404 g/mol. The van der Waals surface area contributed by atoms with E-state index >= 15 is 0 Å². The number of carbonyl (C=O) groups excluding carboxylic acids is 1. The van der Waals surface area contributed by atoms with Gasteiger partial charge in [0.2, 0.25) is 5.91 Å². The maximum atomic E-state index is 10.9. The van der Waals surface area contributed by atoms with Gasteiger partial charge in [-0.25, -0.2) is 0 Å². The minimum absolute atomic E-state index is 0.250. The van der Waals surface area contributed by atoms with Crippen molar-refractivity contribution in [3.05, 3.63) is 48.2 Å². The van der Waals surface area contributed by atoms with Gasteiger partial charge in [-0.15, -0.1) is 0 Å². The quantitative estimate of drug-likeness (QED) is 0.487. The van der Waals surface area contributed by atoms with Crippen LogP contribution in [0.15, 0.2) is 42.5 Å². The number of amides is 1. The Kier molecular flexibility index (Phi) is 9.32. The third-order valence-electron chi connectivity index (χ3n) is 5.34. The van der Waals surface area contributed by atoms with Crippen LogP contribution in [-0.2, 0) is 4.79 Å². The van der Waals surface area contributed by atoms with Crippen LogP contribution >= 0.6 is 0 Å². The molecule has 6 heteroatoms. The first-order valence-electron chi connectivity index (χ1n) is 10.9. The molecule has 0 aliphatic carbocycles. The lowest BCUT2D eigenvalue weighted by atomic mass is 10.0. The normalized spacial score (nSPS) is 10.2. The van der Waals surface area contributed by atoms with Crippen LogP contribution in [0.4, 0.5) is 0 Å². The van der Waals surface area contributed by atoms with Gasteiger partial charge in [-0.3, -0.25) is 9.78 Å². The molecule has 2 aromatic carbocycles. The van der Waals surface area contributed by atoms with E-state index in [-0.39, 0.29) is 5.91 Å². The fourth-order valence-corrected chi connectivity index (χ4v) is 3.46. The van der Waals surface area contributed by atoms with Crippen molar-refractivity contribution in [1.82, 2.24) is 9.88 Å². The van der Waals surface area contributed by atoms with Crippen molar-refractivity contribution in [3.8, 4) is 28.4 Å². The minimum Gasteiger partial charge on any atom is -0.497 e. The van der Waals surface area contributed by atoms with Crippen molar-refractivity contribution in [1.29, 1.82) is 0 Å². The number of ether oxygens (including phenoxy) is 3. The molecular formula is C26H34N2O4. The van der Waals surface area contributed by atoms with Gasteiger partial charge in [-0.05, 0) is 44.5 Å². The lowest BCUT2D eigenvalue weighted by Crippen LogP contribution is -2.29. The number of nitrogens with zero attached hydrogens (tertiary/aromatic N) is 2. The second-order valence-corrected chi connectivity index (χ2v) is 7.17. The first-order chi connectivity index (χ1) is 15.4. The standard InChI is InChI=1S/C19H19NO3.C7H15NO/c1-12-16(13-5-7-14(21-2)8-6-13)11-17-18(20-12)9-15(22-3)10-19(17)23-4;1-4-7(9)8(5-2)6-3/h5-11H,1-4H3;4-6H2,1-3H3. The van der Waals surface area contributed by atoms with Gasteiger partial charge in [0, 0.05) is 48.3 Å². The summed E-state index contributed by atoms with van der Waals surface area (Å²) in [6.45, 7) is 9.56. The molecule has 3 rings (SSSR count). The van der Waals surface area contributed by atoms with Gasteiger partial charge in [0.15, 0.2) is 0 Å². The molecule has 0 radical (unpaired) electrons. The van der Waals surface area contributed by atoms with Crippen LogP contribution in [-0.4, -0.2) is 50.2 Å². The maximum Gasteiger partial charge on any atom is 0.222 e. The molecule has 3 aromatic rings. The topological polar surface area (TPSA) is 60.9 Å². The number of rotatable bonds is 7. The Balaban J connectivity index is 0.000000344. The zero-order valence-electron chi connectivity index (χ0n) is 20.2. The van der Waals surface area contributed by atoms with E-state index in [0.717, 1.165) is 58.1 Å². The zero-order chi connectivity index (χ0) is 23.7. The zero-order valence-corrected chi connectivity index (χ0v) is 20.2. The van der Waals surface area contributed by atoms with E-state index in [9.17, 15) is 4.79 Å². The van der Waals surface area contributed by atoms with Gasteiger partial charge < -0.3 is 19.1 Å². The number of carbonyl (C=O) groups is 1. The van der Waals surface area contributed by atoms with E-state index in [0.29, 0.717) is 6.42 Å². The fraction of sp³-hybridized carbons (Fsp3) is 0.385. The number of hydrogen-bond acceptors (Lipinski definition) is 5. The molecule has 0 fully saturated rings. The second-order valence-electron chi connectivity index (χ2n) is 7.17. The molecule has 0 spiro atoms. The molecule has 0 atom stereocenters. The SMILES string of the molecule is CCC(=O)N(CC)CC.COc1ccc(-c2cc3c(OC)cc(OC)cc3nc2C)cc1. The number of methoxy groups -OCH3 is 3. The number of aryl methyl sites for hydroxylation is 1. The van der Waals surface area contributed by atoms with E-state index in [1.165, 1.54) is 0 Å². The van der Waals surface area contributed by atoms with E-state index in [1.54, 1.807) is 21.3 Å². The fourth-order valence-electron chi connectivity index (χ4n) is 3.46. The van der Waals surface area contributed by atoms with Crippen molar-refractivity contribution in [3.63, 3.8) is 0 Å². The predicted octanol–water partition coefficient (Wildman–Crippen LogP) is 5.50. The summed E-state index contributed by atoms with van der Waals surface area (Å²) in [5, 5.41) is 0.963. The molecule has 0 N–H and O–H groups in total. The van der Waals surface area contributed by atoms with Crippen LogP contribution in [0, 0.1) is 6.92 Å². The van der Waals surface area contributed by atoms with Crippen LogP contribution in [0.3, 0.4) is 0 Å². The molecule has 1 aromatic heterocycles. The first kappa shape index (κ1) is 25.0. The average Bonchev–Trinajstić information content (AvgIpc) is 2.83. The number of fused-ring (bicyclic) bond motifs is 1. The van der Waals surface area contributed by atoms with E-state index in [1.807, 2.05) is 69.0 Å². The monoisotopic (exact) mass is 438 g/mol. The Hall–Kier alpha value is -3.28. The lowest BCUT2D eigenvalue weighted by molar-refractivity contribution is -0.130. The Morgan fingerprint density at radius 2 is 1.50 bits per heavy atom. The van der Waals surface area contributed by atoms with E-state index < -0.39 is 0 Å². The van der Waals surface area contributed by atoms with Crippen LogP contribution < -0.4 is 14.2 Å². The number of pyridine rings is 1. The summed E-state index contributed by atoms with van der Waals surface area (Å²) < 4.78 is 16.0. The van der Waals surface area contributed by atoms with Gasteiger partial charge in [0.05, 0.1) is 26.8 Å². The summed E-state index contributed by atoms with van der Waals surface area (Å²) in [5.41, 5.74) is 3.98. The molecule has 0 saturated carbocycles. The Morgan fingerprint density at radius 1 is 0.875 bits per heavy atom. The number of aromatic nitrogens is 1. The van der Waals surface area contributed by atoms with Gasteiger partial charge in [0.25, 0.3) is 0 Å². The largest absolute Gasteiger partial charge is 0.497 e. The van der Waals surface area contributed by atoms with Crippen molar-refractivity contribution in [2.24, 2.45) is 0 Å². The van der Waals surface area contributed by atoms with E-state index in [4.69, 9.17) is 19.2 Å². The van der Waals surface area contributed by atoms with Crippen molar-refractivity contribution >= 4 is 16.8 Å². The molecule has 6 nitrogen and oxygen atoms in total. The van der Waals surface area contributed by atoms with Crippen LogP contribution in [0.2, 0.25) is 0 Å². The molecule has 0 aliphatic heterocycles. The smallest absolute Gasteiger partial charge is 0.222 e. The second kappa shape index (κ2) is 11.9. The summed E-state index contributed by atoms with van der Waals surface area (Å²) in [6.07, 6.45) is 0.627. The highest BCUT2D eigenvalue weighted by Gasteiger charge is 2.11. The molecule has 0 aliphatic rings. The van der Waals surface area contributed by atoms with Crippen LogP contribution in [0.25, 0.3) is 22.0 Å². The minimum atomic E-state index is 0.250. The highest BCUT2D eigenvalue weighted by molar-refractivity contribution is 5.91. The van der Waals surface area contributed by atoms with Gasteiger partial charge in [-0.2, -0.15) is 0 Å². The summed E-state index contributed by atoms with van der Waals surface area (Å²) in [6, 6.07) is 13.9. The summed E-state index contributed by atoms with van der Waals surface area (Å²) in [4.78, 5) is 17.5.